The monoisotopic (exact) mass is 486 g/mol. The molecule has 6 nitrogen and oxygen atoms in total. The second-order valence-corrected chi connectivity index (χ2v) is 9.40. The summed E-state index contributed by atoms with van der Waals surface area (Å²) in [6.45, 7) is 1.87. The summed E-state index contributed by atoms with van der Waals surface area (Å²) < 4.78 is 14.1. The summed E-state index contributed by atoms with van der Waals surface area (Å²) in [6, 6.07) is 22.8. The van der Waals surface area contributed by atoms with Crippen LogP contribution in [0.15, 0.2) is 88.8 Å². The molecule has 2 atom stereocenters. The van der Waals surface area contributed by atoms with Gasteiger partial charge in [-0.15, -0.1) is 0 Å². The SMILES string of the molecule is CCC(SC1=Nc2ccccc2C2=NC(Cc3ccccc3)C(=O)N12)C(=O)Nc1ccccc1F. The summed E-state index contributed by atoms with van der Waals surface area (Å²) in [5.41, 5.74) is 2.62. The number of carbonyl (C=O) groups excluding carboxylic acids is 2. The van der Waals surface area contributed by atoms with Gasteiger partial charge in [0.25, 0.3) is 5.91 Å². The van der Waals surface area contributed by atoms with E-state index in [0.717, 1.165) is 11.1 Å². The smallest absolute Gasteiger partial charge is 0.259 e. The topological polar surface area (TPSA) is 74.1 Å². The lowest BCUT2D eigenvalue weighted by Gasteiger charge is -2.27. The van der Waals surface area contributed by atoms with Crippen LogP contribution in [0.5, 0.6) is 0 Å². The van der Waals surface area contributed by atoms with Crippen LogP contribution in [-0.2, 0) is 16.0 Å². The fourth-order valence-corrected chi connectivity index (χ4v) is 5.10. The molecule has 5 rings (SSSR count). The fraction of sp³-hybridized carbons (Fsp3) is 0.185. The predicted molar refractivity (Wildman–Crippen MR) is 138 cm³/mol. The Hall–Kier alpha value is -3.78. The Labute approximate surface area is 207 Å². The molecule has 2 aliphatic heterocycles. The van der Waals surface area contributed by atoms with Gasteiger partial charge in [-0.1, -0.05) is 73.3 Å². The van der Waals surface area contributed by atoms with E-state index in [4.69, 9.17) is 9.98 Å². The van der Waals surface area contributed by atoms with Crippen LogP contribution in [0.3, 0.4) is 0 Å². The Morgan fingerprint density at radius 2 is 1.77 bits per heavy atom. The first kappa shape index (κ1) is 23.0. The molecule has 0 spiro atoms. The summed E-state index contributed by atoms with van der Waals surface area (Å²) in [4.78, 5) is 37.5. The highest BCUT2D eigenvalue weighted by Crippen LogP contribution is 2.36. The standard InChI is InChI=1S/C27H23FN4O2S/c1-2-23(25(33)30-21-15-9-7-13-19(21)28)35-27-31-20-14-8-6-12-18(20)24-29-22(26(34)32(24)27)16-17-10-4-3-5-11-17/h3-15,22-23H,2,16H2,1H3,(H,30,33). The van der Waals surface area contributed by atoms with Crippen LogP contribution in [0, 0.1) is 5.82 Å². The van der Waals surface area contributed by atoms with Crippen LogP contribution in [0.1, 0.15) is 24.5 Å². The van der Waals surface area contributed by atoms with E-state index in [0.29, 0.717) is 29.5 Å². The maximum absolute atomic E-state index is 14.1. The minimum Gasteiger partial charge on any atom is -0.323 e. The number of hydrogen-bond donors (Lipinski definition) is 1. The van der Waals surface area contributed by atoms with Gasteiger partial charge < -0.3 is 5.32 Å². The molecule has 3 aromatic rings. The molecule has 2 amide bonds. The molecule has 0 bridgehead atoms. The third-order valence-electron chi connectivity index (χ3n) is 5.86. The van der Waals surface area contributed by atoms with Gasteiger partial charge in [-0.3, -0.25) is 14.6 Å². The third kappa shape index (κ3) is 4.61. The van der Waals surface area contributed by atoms with Gasteiger partial charge in [0.05, 0.1) is 16.6 Å². The zero-order valence-electron chi connectivity index (χ0n) is 19.0. The average molecular weight is 487 g/mol. The van der Waals surface area contributed by atoms with Crippen LogP contribution in [-0.4, -0.2) is 39.0 Å². The molecule has 0 radical (unpaired) electrons. The van der Waals surface area contributed by atoms with E-state index in [9.17, 15) is 14.0 Å². The van der Waals surface area contributed by atoms with Crippen LogP contribution >= 0.6 is 11.8 Å². The Morgan fingerprint density at radius 3 is 2.54 bits per heavy atom. The van der Waals surface area contributed by atoms with Crippen molar-refractivity contribution >= 4 is 46.0 Å². The van der Waals surface area contributed by atoms with Crippen molar-refractivity contribution in [1.82, 2.24) is 4.90 Å². The second kappa shape index (κ2) is 9.84. The molecule has 0 aromatic heterocycles. The van der Waals surface area contributed by atoms with Crippen LogP contribution in [0.2, 0.25) is 0 Å². The Morgan fingerprint density at radius 1 is 1.06 bits per heavy atom. The number of thioether (sulfide) groups is 1. The lowest BCUT2D eigenvalue weighted by Crippen LogP contribution is -2.42. The zero-order valence-corrected chi connectivity index (χ0v) is 19.8. The molecule has 2 aliphatic rings. The Bertz CT molecular complexity index is 1340. The van der Waals surface area contributed by atoms with Crippen molar-refractivity contribution in [2.24, 2.45) is 9.98 Å². The molecule has 2 unspecified atom stereocenters. The lowest BCUT2D eigenvalue weighted by molar-refractivity contribution is -0.124. The summed E-state index contributed by atoms with van der Waals surface area (Å²) in [6.07, 6.45) is 0.943. The summed E-state index contributed by atoms with van der Waals surface area (Å²) in [5, 5.41) is 2.48. The highest BCUT2D eigenvalue weighted by molar-refractivity contribution is 8.15. The molecule has 0 fully saturated rings. The van der Waals surface area contributed by atoms with Gasteiger partial charge >= 0.3 is 0 Å². The lowest BCUT2D eigenvalue weighted by atomic mass is 10.1. The van der Waals surface area contributed by atoms with E-state index in [1.54, 1.807) is 12.1 Å². The first-order valence-corrected chi connectivity index (χ1v) is 12.3. The molecule has 176 valence electrons. The summed E-state index contributed by atoms with van der Waals surface area (Å²) in [5.74, 6) is -0.477. The quantitative estimate of drug-likeness (QED) is 0.522. The molecule has 0 saturated carbocycles. The van der Waals surface area contributed by atoms with Gasteiger partial charge in [-0.05, 0) is 36.2 Å². The second-order valence-electron chi connectivity index (χ2n) is 8.23. The van der Waals surface area contributed by atoms with Gasteiger partial charge in [-0.2, -0.15) is 0 Å². The number of para-hydroxylation sites is 2. The van der Waals surface area contributed by atoms with Crippen LogP contribution in [0.25, 0.3) is 0 Å². The van der Waals surface area contributed by atoms with Gasteiger partial charge in [0.2, 0.25) is 5.91 Å². The average Bonchev–Trinajstić information content (AvgIpc) is 3.20. The fourth-order valence-electron chi connectivity index (χ4n) is 4.08. The van der Waals surface area contributed by atoms with Gasteiger partial charge in [0.1, 0.15) is 17.7 Å². The van der Waals surface area contributed by atoms with Crippen molar-refractivity contribution in [1.29, 1.82) is 0 Å². The first-order valence-electron chi connectivity index (χ1n) is 11.4. The van der Waals surface area contributed by atoms with Crippen molar-refractivity contribution < 1.29 is 14.0 Å². The van der Waals surface area contributed by atoms with E-state index < -0.39 is 17.1 Å². The van der Waals surface area contributed by atoms with Gasteiger partial charge in [-0.25, -0.2) is 14.3 Å². The van der Waals surface area contributed by atoms with Crippen molar-refractivity contribution in [3.05, 3.63) is 95.8 Å². The number of nitrogens with zero attached hydrogens (tertiary/aromatic N) is 3. The molecule has 2 heterocycles. The highest BCUT2D eigenvalue weighted by atomic mass is 32.2. The number of carbonyl (C=O) groups is 2. The number of nitrogens with one attached hydrogen (secondary N) is 1. The van der Waals surface area contributed by atoms with Crippen molar-refractivity contribution in [2.75, 3.05) is 5.32 Å². The van der Waals surface area contributed by atoms with E-state index >= 15 is 0 Å². The molecule has 0 saturated heterocycles. The number of rotatable bonds is 6. The number of amides is 2. The minimum absolute atomic E-state index is 0.120. The maximum atomic E-state index is 14.1. The van der Waals surface area contributed by atoms with Gasteiger partial charge in [0.15, 0.2) is 5.17 Å². The van der Waals surface area contributed by atoms with Gasteiger partial charge in [0, 0.05) is 12.0 Å². The van der Waals surface area contributed by atoms with Crippen LogP contribution < -0.4 is 5.32 Å². The number of amidine groups is 2. The zero-order chi connectivity index (χ0) is 24.4. The highest BCUT2D eigenvalue weighted by Gasteiger charge is 2.42. The normalized spacial score (nSPS) is 17.3. The van der Waals surface area contributed by atoms with E-state index in [1.165, 1.54) is 28.8 Å². The predicted octanol–water partition coefficient (Wildman–Crippen LogP) is 5.18. The summed E-state index contributed by atoms with van der Waals surface area (Å²) in [7, 11) is 0. The van der Waals surface area contributed by atoms with Crippen molar-refractivity contribution in [3.8, 4) is 0 Å². The minimum atomic E-state index is -0.583. The molecular formula is C27H23FN4O2S. The van der Waals surface area contributed by atoms with E-state index in [2.05, 4.69) is 5.32 Å². The van der Waals surface area contributed by atoms with Crippen molar-refractivity contribution in [3.63, 3.8) is 0 Å². The number of fused-ring (bicyclic) bond motifs is 3. The third-order valence-corrected chi connectivity index (χ3v) is 7.18. The number of halogens is 1. The number of aliphatic imine (C=N–C) groups is 2. The largest absolute Gasteiger partial charge is 0.323 e. The number of hydrogen-bond acceptors (Lipinski definition) is 5. The number of anilines is 1. The molecule has 35 heavy (non-hydrogen) atoms. The molecule has 8 heteroatoms. The van der Waals surface area contributed by atoms with Crippen molar-refractivity contribution in [2.45, 2.75) is 31.1 Å². The first-order chi connectivity index (χ1) is 17.0. The van der Waals surface area contributed by atoms with Crippen LogP contribution in [0.4, 0.5) is 15.8 Å². The van der Waals surface area contributed by atoms with E-state index in [-0.39, 0.29) is 17.5 Å². The summed E-state index contributed by atoms with van der Waals surface area (Å²) >= 11 is 1.19. The maximum Gasteiger partial charge on any atom is 0.259 e. The molecule has 1 N–H and O–H groups in total. The molecular weight excluding hydrogens is 463 g/mol. The van der Waals surface area contributed by atoms with E-state index in [1.807, 2.05) is 61.5 Å². The Balaban J connectivity index is 1.43. The number of benzene rings is 3. The Kier molecular flexibility index (Phi) is 6.46. The molecule has 0 aliphatic carbocycles. The molecule has 3 aromatic carbocycles.